The molecule has 0 bridgehead atoms. The zero-order valence-electron chi connectivity index (χ0n) is 9.12. The number of benzene rings is 1. The Morgan fingerprint density at radius 1 is 1.22 bits per heavy atom. The summed E-state index contributed by atoms with van der Waals surface area (Å²) in [7, 11) is 0. The summed E-state index contributed by atoms with van der Waals surface area (Å²) in [6, 6.07) is 5.77. The summed E-state index contributed by atoms with van der Waals surface area (Å²) in [6.45, 7) is -0.311. The van der Waals surface area contributed by atoms with Crippen molar-refractivity contribution in [2.24, 2.45) is 0 Å². The summed E-state index contributed by atoms with van der Waals surface area (Å²) in [6.07, 6.45) is 0. The fraction of sp³-hybridized carbons (Fsp3) is 0.167. The third kappa shape index (κ3) is 3.07. The normalized spacial score (nSPS) is 10.7. The highest BCUT2D eigenvalue weighted by Crippen LogP contribution is 2.27. The fourth-order valence-electron chi connectivity index (χ4n) is 1.41. The van der Waals surface area contributed by atoms with Crippen LogP contribution in [0, 0.1) is 11.6 Å². The molecule has 1 N–H and O–H groups in total. The number of aliphatic hydroxyl groups excluding tert-OH is 1. The van der Waals surface area contributed by atoms with E-state index in [0.29, 0.717) is 0 Å². The second-order valence-electron chi connectivity index (χ2n) is 3.54. The number of hydrogen-bond acceptors (Lipinski definition) is 3. The Morgan fingerprint density at radius 3 is 2.39 bits per heavy atom. The molecule has 96 valence electrons. The Kier molecular flexibility index (Phi) is 4.31. The van der Waals surface area contributed by atoms with Gasteiger partial charge in [0.2, 0.25) is 0 Å². The molecule has 1 heterocycles. The molecular weight excluding hydrogens is 326 g/mol. The summed E-state index contributed by atoms with van der Waals surface area (Å²) < 4.78 is 33.1. The zero-order chi connectivity index (χ0) is 13.1. The molecule has 0 spiro atoms. The van der Waals surface area contributed by atoms with Crippen LogP contribution in [0.4, 0.5) is 8.78 Å². The second-order valence-corrected chi connectivity index (χ2v) is 6.09. The highest BCUT2D eigenvalue weighted by atomic mass is 79.9. The number of hydrogen-bond donors (Lipinski definition) is 1. The summed E-state index contributed by atoms with van der Waals surface area (Å²) in [5.74, 6) is -2.04. The van der Waals surface area contributed by atoms with E-state index in [0.717, 1.165) is 20.8 Å². The lowest BCUT2D eigenvalue weighted by Gasteiger charge is -2.08. The Balaban J connectivity index is 2.14. The Bertz CT molecular complexity index is 534. The molecule has 0 aliphatic carbocycles. The van der Waals surface area contributed by atoms with Crippen molar-refractivity contribution in [3.05, 3.63) is 50.1 Å². The molecule has 0 radical (unpaired) electrons. The summed E-state index contributed by atoms with van der Waals surface area (Å²) >= 11 is 4.73. The van der Waals surface area contributed by atoms with E-state index in [1.54, 1.807) is 0 Å². The number of thiophene rings is 1. The molecule has 0 aliphatic rings. The number of halogens is 3. The standard InChI is InChI=1S/C12H9BrF2O2S/c13-11-2-1-8(18-11)6-17-12-9(14)3-7(5-16)4-10(12)15/h1-4,16H,5-6H2. The molecule has 2 rings (SSSR count). The van der Waals surface area contributed by atoms with Gasteiger partial charge >= 0.3 is 0 Å². The van der Waals surface area contributed by atoms with Crippen molar-refractivity contribution in [1.29, 1.82) is 0 Å². The predicted molar refractivity (Wildman–Crippen MR) is 68.6 cm³/mol. The van der Waals surface area contributed by atoms with Crippen molar-refractivity contribution >= 4 is 27.3 Å². The molecule has 6 heteroatoms. The van der Waals surface area contributed by atoms with Crippen LogP contribution >= 0.6 is 27.3 Å². The van der Waals surface area contributed by atoms with Crippen LogP contribution in [-0.4, -0.2) is 5.11 Å². The topological polar surface area (TPSA) is 29.5 Å². The van der Waals surface area contributed by atoms with Gasteiger partial charge in [0.25, 0.3) is 0 Å². The van der Waals surface area contributed by atoms with Crippen LogP contribution in [0.2, 0.25) is 0 Å². The van der Waals surface area contributed by atoms with Gasteiger partial charge in [0, 0.05) is 4.88 Å². The highest BCUT2D eigenvalue weighted by molar-refractivity contribution is 9.11. The SMILES string of the molecule is OCc1cc(F)c(OCc2ccc(Br)s2)c(F)c1. The van der Waals surface area contributed by atoms with Crippen LogP contribution in [0.25, 0.3) is 0 Å². The van der Waals surface area contributed by atoms with Gasteiger partial charge in [0.15, 0.2) is 17.4 Å². The number of aliphatic hydroxyl groups is 1. The predicted octanol–water partition coefficient (Wildman–Crippen LogP) is 3.86. The maximum Gasteiger partial charge on any atom is 0.191 e. The quantitative estimate of drug-likeness (QED) is 0.919. The molecule has 2 nitrogen and oxygen atoms in total. The van der Waals surface area contributed by atoms with Crippen LogP contribution in [0.15, 0.2) is 28.1 Å². The first kappa shape index (κ1) is 13.5. The molecule has 0 amide bonds. The number of ether oxygens (including phenoxy) is 1. The maximum atomic E-state index is 13.5. The van der Waals surface area contributed by atoms with Crippen molar-refractivity contribution in [2.45, 2.75) is 13.2 Å². The van der Waals surface area contributed by atoms with Crippen molar-refractivity contribution in [2.75, 3.05) is 0 Å². The average Bonchev–Trinajstić information content (AvgIpc) is 2.73. The van der Waals surface area contributed by atoms with Crippen molar-refractivity contribution in [3.63, 3.8) is 0 Å². The Morgan fingerprint density at radius 2 is 1.89 bits per heavy atom. The van der Waals surface area contributed by atoms with E-state index in [-0.39, 0.29) is 12.2 Å². The van der Waals surface area contributed by atoms with Gasteiger partial charge in [-0.1, -0.05) is 0 Å². The van der Waals surface area contributed by atoms with Gasteiger partial charge in [0.1, 0.15) is 6.61 Å². The van der Waals surface area contributed by atoms with Gasteiger partial charge in [-0.05, 0) is 45.8 Å². The minimum atomic E-state index is -0.810. The third-order valence-corrected chi connectivity index (χ3v) is 3.83. The van der Waals surface area contributed by atoms with E-state index in [1.807, 2.05) is 12.1 Å². The third-order valence-electron chi connectivity index (χ3n) is 2.23. The minimum Gasteiger partial charge on any atom is -0.482 e. The average molecular weight is 335 g/mol. The molecule has 1 aromatic carbocycles. The van der Waals surface area contributed by atoms with Crippen LogP contribution in [0.5, 0.6) is 5.75 Å². The smallest absolute Gasteiger partial charge is 0.191 e. The van der Waals surface area contributed by atoms with E-state index in [1.165, 1.54) is 11.3 Å². The van der Waals surface area contributed by atoms with Gasteiger partial charge < -0.3 is 9.84 Å². The van der Waals surface area contributed by atoms with E-state index >= 15 is 0 Å². The molecule has 18 heavy (non-hydrogen) atoms. The Labute approximate surface area is 115 Å². The van der Waals surface area contributed by atoms with E-state index in [4.69, 9.17) is 9.84 Å². The Hall–Kier alpha value is -0.980. The van der Waals surface area contributed by atoms with E-state index in [2.05, 4.69) is 15.9 Å². The fourth-order valence-corrected chi connectivity index (χ4v) is 2.81. The first-order chi connectivity index (χ1) is 8.60. The van der Waals surface area contributed by atoms with Crippen molar-refractivity contribution in [3.8, 4) is 5.75 Å². The lowest BCUT2D eigenvalue weighted by Crippen LogP contribution is -2.00. The first-order valence-electron chi connectivity index (χ1n) is 5.06. The van der Waals surface area contributed by atoms with Crippen molar-refractivity contribution in [1.82, 2.24) is 0 Å². The van der Waals surface area contributed by atoms with Gasteiger partial charge in [0.05, 0.1) is 10.4 Å². The largest absolute Gasteiger partial charge is 0.482 e. The molecular formula is C12H9BrF2O2S. The minimum absolute atomic E-state index is 0.0998. The monoisotopic (exact) mass is 334 g/mol. The summed E-state index contributed by atoms with van der Waals surface area (Å²) in [5.41, 5.74) is 0.177. The molecule has 2 aromatic rings. The molecule has 0 fully saturated rings. The maximum absolute atomic E-state index is 13.5. The number of rotatable bonds is 4. The summed E-state index contributed by atoms with van der Waals surface area (Å²) in [4.78, 5) is 0.854. The lowest BCUT2D eigenvalue weighted by atomic mass is 10.2. The van der Waals surface area contributed by atoms with Crippen LogP contribution in [-0.2, 0) is 13.2 Å². The zero-order valence-corrected chi connectivity index (χ0v) is 11.5. The first-order valence-corrected chi connectivity index (χ1v) is 6.67. The summed E-state index contributed by atoms with van der Waals surface area (Å²) in [5, 5.41) is 8.81. The van der Waals surface area contributed by atoms with Gasteiger partial charge in [-0.15, -0.1) is 11.3 Å². The lowest BCUT2D eigenvalue weighted by molar-refractivity contribution is 0.268. The molecule has 0 saturated carbocycles. The van der Waals surface area contributed by atoms with Crippen molar-refractivity contribution < 1.29 is 18.6 Å². The molecule has 0 saturated heterocycles. The van der Waals surface area contributed by atoms with E-state index < -0.39 is 24.0 Å². The molecule has 0 unspecified atom stereocenters. The highest BCUT2D eigenvalue weighted by Gasteiger charge is 2.13. The van der Waals surface area contributed by atoms with E-state index in [9.17, 15) is 8.78 Å². The van der Waals surface area contributed by atoms with Crippen LogP contribution in [0.1, 0.15) is 10.4 Å². The molecule has 0 aliphatic heterocycles. The molecule has 1 aromatic heterocycles. The van der Waals surface area contributed by atoms with Crippen LogP contribution in [0.3, 0.4) is 0 Å². The van der Waals surface area contributed by atoms with Gasteiger partial charge in [-0.25, -0.2) is 8.78 Å². The van der Waals surface area contributed by atoms with Crippen LogP contribution < -0.4 is 4.74 Å². The van der Waals surface area contributed by atoms with Gasteiger partial charge in [-0.3, -0.25) is 0 Å². The second kappa shape index (κ2) is 5.77. The van der Waals surface area contributed by atoms with Gasteiger partial charge in [-0.2, -0.15) is 0 Å². The molecule has 0 atom stereocenters.